The number of hydrogen-bond acceptors (Lipinski definition) is 1. The van der Waals surface area contributed by atoms with Crippen LogP contribution in [-0.4, -0.2) is 0 Å². The second-order valence-electron chi connectivity index (χ2n) is 16.8. The molecular formula is C63H43N. The normalized spacial score (nSPS) is 12.5. The first-order valence-electron chi connectivity index (χ1n) is 22.2. The van der Waals surface area contributed by atoms with Crippen molar-refractivity contribution in [1.82, 2.24) is 0 Å². The Hall–Kier alpha value is -8.26. The molecule has 11 aromatic carbocycles. The van der Waals surface area contributed by atoms with Gasteiger partial charge in [-0.3, -0.25) is 0 Å². The topological polar surface area (TPSA) is 3.24 Å². The molecule has 0 atom stereocenters. The summed E-state index contributed by atoms with van der Waals surface area (Å²) in [5.41, 5.74) is 17.6. The molecule has 0 N–H and O–H groups in total. The molecule has 1 aliphatic carbocycles. The zero-order chi connectivity index (χ0) is 42.5. The average molecular weight is 814 g/mol. The van der Waals surface area contributed by atoms with Crippen LogP contribution in [0.15, 0.2) is 261 Å². The van der Waals surface area contributed by atoms with Gasteiger partial charge in [0.25, 0.3) is 0 Å². The smallest absolute Gasteiger partial charge is 0.0714 e. The first-order valence-corrected chi connectivity index (χ1v) is 22.2. The van der Waals surface area contributed by atoms with Gasteiger partial charge in [0, 0.05) is 16.9 Å². The first kappa shape index (κ1) is 37.5. The van der Waals surface area contributed by atoms with Crippen LogP contribution in [-0.2, 0) is 5.41 Å². The monoisotopic (exact) mass is 813 g/mol. The van der Waals surface area contributed by atoms with Gasteiger partial charge in [-0.25, -0.2) is 0 Å². The molecule has 0 saturated carbocycles. The van der Waals surface area contributed by atoms with Crippen LogP contribution >= 0.6 is 0 Å². The van der Waals surface area contributed by atoms with E-state index >= 15 is 0 Å². The van der Waals surface area contributed by atoms with E-state index in [0.717, 1.165) is 17.1 Å². The van der Waals surface area contributed by atoms with Gasteiger partial charge >= 0.3 is 0 Å². The number of nitrogens with zero attached hydrogens (tertiary/aromatic N) is 1. The van der Waals surface area contributed by atoms with Crippen molar-refractivity contribution in [3.8, 4) is 44.5 Å². The van der Waals surface area contributed by atoms with Crippen molar-refractivity contribution in [2.75, 3.05) is 4.90 Å². The molecule has 0 spiro atoms. The Morgan fingerprint density at radius 1 is 0.281 bits per heavy atom. The highest BCUT2D eigenvalue weighted by Crippen LogP contribution is 2.59. The summed E-state index contributed by atoms with van der Waals surface area (Å²) in [6.45, 7) is 0. The van der Waals surface area contributed by atoms with Crippen molar-refractivity contribution in [2.24, 2.45) is 0 Å². The van der Waals surface area contributed by atoms with Crippen molar-refractivity contribution in [2.45, 2.75) is 5.41 Å². The van der Waals surface area contributed by atoms with Crippen LogP contribution in [0.3, 0.4) is 0 Å². The van der Waals surface area contributed by atoms with Gasteiger partial charge in [0.2, 0.25) is 0 Å². The molecule has 1 nitrogen and oxygen atoms in total. The fourth-order valence-electron chi connectivity index (χ4n) is 10.5. The lowest BCUT2D eigenvalue weighted by Gasteiger charge is -2.34. The Balaban J connectivity index is 1.07. The van der Waals surface area contributed by atoms with Crippen LogP contribution in [0.4, 0.5) is 17.1 Å². The molecule has 1 aliphatic rings. The van der Waals surface area contributed by atoms with Crippen molar-refractivity contribution < 1.29 is 0 Å². The van der Waals surface area contributed by atoms with Crippen LogP contribution in [0.25, 0.3) is 66.1 Å². The Bertz CT molecular complexity index is 3420. The lowest BCUT2D eigenvalue weighted by Crippen LogP contribution is -2.28. The molecule has 0 aromatic heterocycles. The number of anilines is 3. The van der Waals surface area contributed by atoms with E-state index < -0.39 is 5.41 Å². The van der Waals surface area contributed by atoms with Gasteiger partial charge < -0.3 is 4.90 Å². The molecule has 0 radical (unpaired) electrons. The summed E-state index contributed by atoms with van der Waals surface area (Å²) in [7, 11) is 0. The molecule has 0 amide bonds. The number of hydrogen-bond donors (Lipinski definition) is 0. The first-order chi connectivity index (χ1) is 31.8. The summed E-state index contributed by atoms with van der Waals surface area (Å²) in [4.78, 5) is 2.47. The second kappa shape index (κ2) is 15.6. The highest BCUT2D eigenvalue weighted by Gasteiger charge is 2.47. The fraction of sp³-hybridized carbons (Fsp3) is 0.0159. The minimum atomic E-state index is -0.511. The summed E-state index contributed by atoms with van der Waals surface area (Å²) in [5, 5.41) is 4.97. The Morgan fingerprint density at radius 2 is 0.766 bits per heavy atom. The van der Waals surface area contributed by atoms with Gasteiger partial charge in [-0.1, -0.05) is 218 Å². The molecule has 12 rings (SSSR count). The van der Waals surface area contributed by atoms with Gasteiger partial charge in [-0.05, 0) is 125 Å². The number of fused-ring (bicyclic) bond motifs is 5. The Labute approximate surface area is 374 Å². The summed E-state index contributed by atoms with van der Waals surface area (Å²) in [6, 6.07) is 95.8. The third kappa shape index (κ3) is 6.08. The molecule has 64 heavy (non-hydrogen) atoms. The molecular weight excluding hydrogens is 771 g/mol. The van der Waals surface area contributed by atoms with Crippen molar-refractivity contribution in [1.29, 1.82) is 0 Å². The predicted octanol–water partition coefficient (Wildman–Crippen LogP) is 16.8. The largest absolute Gasteiger partial charge is 0.310 e. The van der Waals surface area contributed by atoms with Crippen LogP contribution < -0.4 is 4.90 Å². The van der Waals surface area contributed by atoms with Gasteiger partial charge in [0.05, 0.1) is 11.1 Å². The van der Waals surface area contributed by atoms with E-state index in [1.165, 1.54) is 88.3 Å². The minimum absolute atomic E-state index is 0.511. The second-order valence-corrected chi connectivity index (χ2v) is 16.8. The van der Waals surface area contributed by atoms with Crippen molar-refractivity contribution >= 4 is 38.6 Å². The van der Waals surface area contributed by atoms with E-state index in [4.69, 9.17) is 0 Å². The molecule has 300 valence electrons. The maximum atomic E-state index is 2.47. The fourth-order valence-corrected chi connectivity index (χ4v) is 10.5. The molecule has 1 heteroatoms. The molecule has 0 heterocycles. The molecule has 0 saturated heterocycles. The quantitative estimate of drug-likeness (QED) is 0.148. The maximum Gasteiger partial charge on any atom is 0.0714 e. The van der Waals surface area contributed by atoms with E-state index in [9.17, 15) is 0 Å². The summed E-state index contributed by atoms with van der Waals surface area (Å²) in [5.74, 6) is 0. The molecule has 0 fully saturated rings. The predicted molar refractivity (Wildman–Crippen MR) is 270 cm³/mol. The lowest BCUT2D eigenvalue weighted by molar-refractivity contribution is 0.768. The third-order valence-corrected chi connectivity index (χ3v) is 13.3. The van der Waals surface area contributed by atoms with Crippen LogP contribution in [0.1, 0.15) is 22.3 Å². The van der Waals surface area contributed by atoms with Gasteiger partial charge in [-0.15, -0.1) is 0 Å². The minimum Gasteiger partial charge on any atom is -0.310 e. The summed E-state index contributed by atoms with van der Waals surface area (Å²) < 4.78 is 0. The maximum absolute atomic E-state index is 2.47. The average Bonchev–Trinajstić information content (AvgIpc) is 3.69. The standard InChI is InChI=1S/C63H43N/c1-4-18-44(19-5-1)49-42-48-21-11-13-28-56(48)58(43-49)47-36-40-53(41-37-47)64(52-38-34-46(35-39-52)55-30-16-22-45-20-10-12-27-54(45)55)61-33-17-32-60-62(61)57-29-14-15-31-59(57)63(60,50-23-6-2-7-24-50)51-25-8-3-9-26-51/h1-43H. The molecule has 11 aromatic rings. The molecule has 0 aliphatic heterocycles. The Kier molecular flexibility index (Phi) is 9.13. The van der Waals surface area contributed by atoms with Crippen LogP contribution in [0, 0.1) is 0 Å². The molecule has 0 unspecified atom stereocenters. The van der Waals surface area contributed by atoms with Crippen molar-refractivity contribution in [3.05, 3.63) is 283 Å². The van der Waals surface area contributed by atoms with Gasteiger partial charge in [-0.2, -0.15) is 0 Å². The zero-order valence-corrected chi connectivity index (χ0v) is 35.3. The third-order valence-electron chi connectivity index (χ3n) is 13.3. The van der Waals surface area contributed by atoms with Gasteiger partial charge in [0.1, 0.15) is 0 Å². The van der Waals surface area contributed by atoms with E-state index in [1.807, 2.05) is 0 Å². The van der Waals surface area contributed by atoms with E-state index in [1.54, 1.807) is 0 Å². The lowest BCUT2D eigenvalue weighted by atomic mass is 9.68. The SMILES string of the molecule is c1ccc(-c2cc(-c3ccc(N(c4ccc(-c5cccc6ccccc56)cc4)c4cccc5c4-c4ccccc4C5(c4ccccc4)c4ccccc4)cc3)c3ccccc3c2)cc1. The van der Waals surface area contributed by atoms with Gasteiger partial charge in [0.15, 0.2) is 0 Å². The van der Waals surface area contributed by atoms with Crippen LogP contribution in [0.5, 0.6) is 0 Å². The van der Waals surface area contributed by atoms with Crippen LogP contribution in [0.2, 0.25) is 0 Å². The Morgan fingerprint density at radius 3 is 1.44 bits per heavy atom. The number of rotatable bonds is 8. The summed E-state index contributed by atoms with van der Waals surface area (Å²) >= 11 is 0. The number of benzene rings is 11. The zero-order valence-electron chi connectivity index (χ0n) is 35.3. The molecule has 0 bridgehead atoms. The van der Waals surface area contributed by atoms with Crippen molar-refractivity contribution in [3.63, 3.8) is 0 Å². The van der Waals surface area contributed by atoms with E-state index in [2.05, 4.69) is 266 Å². The summed E-state index contributed by atoms with van der Waals surface area (Å²) in [6.07, 6.45) is 0. The van der Waals surface area contributed by atoms with E-state index in [-0.39, 0.29) is 0 Å². The highest BCUT2D eigenvalue weighted by molar-refractivity contribution is 6.02. The highest BCUT2D eigenvalue weighted by atomic mass is 15.1. The van der Waals surface area contributed by atoms with E-state index in [0.29, 0.717) is 0 Å².